The highest BCUT2D eigenvalue weighted by atomic mass is 16.6. The standard InChI is InChI=1S/C25H30N4O3/c1-29(25(30)26-17-21-18-31-23-13-7-8-14-24(23)32-21)15-9-3-6-12-20-16-22(28-27-20)19-10-4-2-5-11-19/h2,4-5,7-8,10-11,13-14,16,21H,3,6,9,12,15,17-18H2,1H3,(H,26,30)(H,27,28). The van der Waals surface area contributed by atoms with E-state index in [2.05, 4.69) is 33.7 Å². The van der Waals surface area contributed by atoms with Crippen molar-refractivity contribution in [2.75, 3.05) is 26.7 Å². The van der Waals surface area contributed by atoms with Crippen molar-refractivity contribution in [2.45, 2.75) is 31.8 Å². The third-order valence-electron chi connectivity index (χ3n) is 5.54. The summed E-state index contributed by atoms with van der Waals surface area (Å²) in [7, 11) is 1.82. The summed E-state index contributed by atoms with van der Waals surface area (Å²) in [6.45, 7) is 1.57. The van der Waals surface area contributed by atoms with Gasteiger partial charge in [0.15, 0.2) is 17.6 Å². The number of hydrogen-bond donors (Lipinski definition) is 2. The van der Waals surface area contributed by atoms with Crippen molar-refractivity contribution < 1.29 is 14.3 Å². The molecule has 7 nitrogen and oxygen atoms in total. The Morgan fingerprint density at radius 1 is 1.09 bits per heavy atom. The first kappa shape index (κ1) is 21.7. The van der Waals surface area contributed by atoms with E-state index < -0.39 is 0 Å². The number of unbranched alkanes of at least 4 members (excludes halogenated alkanes) is 2. The van der Waals surface area contributed by atoms with Gasteiger partial charge in [-0.05, 0) is 37.5 Å². The van der Waals surface area contributed by atoms with Crippen molar-refractivity contribution >= 4 is 6.03 Å². The fourth-order valence-electron chi connectivity index (χ4n) is 3.69. The molecule has 2 heterocycles. The van der Waals surface area contributed by atoms with E-state index in [4.69, 9.17) is 9.47 Å². The number of nitrogens with one attached hydrogen (secondary N) is 2. The van der Waals surface area contributed by atoms with Crippen LogP contribution in [0.4, 0.5) is 4.79 Å². The van der Waals surface area contributed by atoms with Gasteiger partial charge in [-0.25, -0.2) is 4.79 Å². The first-order valence-corrected chi connectivity index (χ1v) is 11.2. The summed E-state index contributed by atoms with van der Waals surface area (Å²) >= 11 is 0. The maximum Gasteiger partial charge on any atom is 0.317 e. The van der Waals surface area contributed by atoms with Gasteiger partial charge in [-0.2, -0.15) is 5.10 Å². The number of hydrogen-bond acceptors (Lipinski definition) is 4. The molecule has 0 fully saturated rings. The Morgan fingerprint density at radius 2 is 1.88 bits per heavy atom. The van der Waals surface area contributed by atoms with Crippen LogP contribution in [0.1, 0.15) is 25.0 Å². The van der Waals surface area contributed by atoms with Crippen molar-refractivity contribution in [1.29, 1.82) is 0 Å². The number of ether oxygens (including phenoxy) is 2. The van der Waals surface area contributed by atoms with Gasteiger partial charge in [0.25, 0.3) is 0 Å². The topological polar surface area (TPSA) is 79.5 Å². The molecule has 0 saturated heterocycles. The smallest absolute Gasteiger partial charge is 0.317 e. The van der Waals surface area contributed by atoms with Crippen molar-refractivity contribution in [2.24, 2.45) is 0 Å². The zero-order valence-corrected chi connectivity index (χ0v) is 18.4. The van der Waals surface area contributed by atoms with Gasteiger partial charge in [-0.15, -0.1) is 0 Å². The Balaban J connectivity index is 1.10. The lowest BCUT2D eigenvalue weighted by Crippen LogP contribution is -2.45. The van der Waals surface area contributed by atoms with Crippen LogP contribution in [0.5, 0.6) is 11.5 Å². The molecule has 0 spiro atoms. The molecule has 32 heavy (non-hydrogen) atoms. The van der Waals surface area contributed by atoms with Crippen LogP contribution in [0.15, 0.2) is 60.7 Å². The van der Waals surface area contributed by atoms with Gasteiger partial charge in [-0.1, -0.05) is 48.9 Å². The lowest BCUT2D eigenvalue weighted by molar-refractivity contribution is 0.0905. The van der Waals surface area contributed by atoms with E-state index in [0.29, 0.717) is 13.2 Å². The summed E-state index contributed by atoms with van der Waals surface area (Å²) in [5.74, 6) is 1.47. The fraction of sp³-hybridized carbons (Fsp3) is 0.360. The Kier molecular flexibility index (Phi) is 7.27. The van der Waals surface area contributed by atoms with E-state index in [0.717, 1.165) is 60.7 Å². The Hall–Kier alpha value is -3.48. The fourth-order valence-corrected chi connectivity index (χ4v) is 3.69. The number of H-pyrrole nitrogens is 1. The van der Waals surface area contributed by atoms with E-state index in [1.807, 2.05) is 49.5 Å². The highest BCUT2D eigenvalue weighted by Crippen LogP contribution is 2.30. The first-order chi connectivity index (χ1) is 15.7. The van der Waals surface area contributed by atoms with Gasteiger partial charge in [-0.3, -0.25) is 5.10 Å². The third kappa shape index (κ3) is 5.81. The molecule has 0 saturated carbocycles. The lowest BCUT2D eigenvalue weighted by atomic mass is 10.1. The van der Waals surface area contributed by atoms with Crippen LogP contribution in [0.2, 0.25) is 0 Å². The summed E-state index contributed by atoms with van der Waals surface area (Å²) in [4.78, 5) is 14.1. The maximum atomic E-state index is 12.4. The number of carbonyl (C=O) groups excluding carboxylic acids is 1. The Labute approximate surface area is 188 Å². The minimum absolute atomic E-state index is 0.0893. The molecule has 168 valence electrons. The van der Waals surface area contributed by atoms with E-state index in [-0.39, 0.29) is 12.1 Å². The van der Waals surface area contributed by atoms with Gasteiger partial charge in [0.2, 0.25) is 0 Å². The quantitative estimate of drug-likeness (QED) is 0.493. The maximum absolute atomic E-state index is 12.4. The number of rotatable bonds is 9. The number of benzene rings is 2. The minimum Gasteiger partial charge on any atom is -0.486 e. The highest BCUT2D eigenvalue weighted by Gasteiger charge is 2.21. The van der Waals surface area contributed by atoms with Crippen molar-refractivity contribution in [1.82, 2.24) is 20.4 Å². The van der Waals surface area contributed by atoms with Crippen LogP contribution in [0.3, 0.4) is 0 Å². The molecule has 1 aliphatic heterocycles. The lowest BCUT2D eigenvalue weighted by Gasteiger charge is -2.27. The predicted molar refractivity (Wildman–Crippen MR) is 124 cm³/mol. The van der Waals surface area contributed by atoms with Gasteiger partial charge in [0, 0.05) is 24.8 Å². The molecule has 2 aromatic carbocycles. The molecule has 0 aliphatic carbocycles. The van der Waals surface area contributed by atoms with E-state index in [1.54, 1.807) is 4.90 Å². The van der Waals surface area contributed by atoms with E-state index in [9.17, 15) is 4.79 Å². The van der Waals surface area contributed by atoms with Crippen LogP contribution in [-0.4, -0.2) is 54.0 Å². The zero-order chi connectivity index (χ0) is 22.2. The zero-order valence-electron chi connectivity index (χ0n) is 18.4. The number of aromatic nitrogens is 2. The summed E-state index contributed by atoms with van der Waals surface area (Å²) in [5, 5.41) is 10.5. The van der Waals surface area contributed by atoms with Gasteiger partial charge >= 0.3 is 6.03 Å². The first-order valence-electron chi connectivity index (χ1n) is 11.2. The Bertz CT molecular complexity index is 1010. The number of fused-ring (bicyclic) bond motifs is 1. The average Bonchev–Trinajstić information content (AvgIpc) is 3.31. The van der Waals surface area contributed by atoms with Gasteiger partial charge in [0.05, 0.1) is 12.2 Å². The molecule has 0 radical (unpaired) electrons. The summed E-state index contributed by atoms with van der Waals surface area (Å²) in [6.07, 6.45) is 3.83. The number of aromatic amines is 1. The average molecular weight is 435 g/mol. The Morgan fingerprint density at radius 3 is 2.72 bits per heavy atom. The predicted octanol–water partition coefficient (Wildman–Crippen LogP) is 4.27. The summed E-state index contributed by atoms with van der Waals surface area (Å²) in [5.41, 5.74) is 3.25. The largest absolute Gasteiger partial charge is 0.486 e. The van der Waals surface area contributed by atoms with Crippen LogP contribution >= 0.6 is 0 Å². The van der Waals surface area contributed by atoms with Crippen LogP contribution in [-0.2, 0) is 6.42 Å². The molecule has 1 unspecified atom stereocenters. The monoisotopic (exact) mass is 434 g/mol. The van der Waals surface area contributed by atoms with Crippen molar-refractivity contribution in [3.05, 3.63) is 66.4 Å². The molecule has 1 aliphatic rings. The number of nitrogens with zero attached hydrogens (tertiary/aromatic N) is 2. The molecule has 2 N–H and O–H groups in total. The number of carbonyl (C=O) groups is 1. The second-order valence-corrected chi connectivity index (χ2v) is 8.06. The second-order valence-electron chi connectivity index (χ2n) is 8.06. The van der Waals surface area contributed by atoms with Crippen molar-refractivity contribution in [3.8, 4) is 22.8 Å². The molecular formula is C25H30N4O3. The van der Waals surface area contributed by atoms with Crippen LogP contribution in [0, 0.1) is 0 Å². The number of aryl methyl sites for hydroxylation is 1. The molecule has 1 atom stereocenters. The molecule has 0 bridgehead atoms. The van der Waals surface area contributed by atoms with E-state index >= 15 is 0 Å². The highest BCUT2D eigenvalue weighted by molar-refractivity contribution is 5.73. The molecule has 7 heteroatoms. The molecular weight excluding hydrogens is 404 g/mol. The number of para-hydroxylation sites is 2. The van der Waals surface area contributed by atoms with Crippen LogP contribution < -0.4 is 14.8 Å². The number of urea groups is 1. The van der Waals surface area contributed by atoms with Crippen molar-refractivity contribution in [3.63, 3.8) is 0 Å². The SMILES string of the molecule is CN(CCCCCc1cc(-c2ccccc2)n[nH]1)C(=O)NCC1COc2ccccc2O1. The molecule has 1 aromatic heterocycles. The van der Waals surface area contributed by atoms with E-state index in [1.165, 1.54) is 0 Å². The number of amides is 2. The summed E-state index contributed by atoms with van der Waals surface area (Å²) in [6, 6.07) is 19.8. The second kappa shape index (κ2) is 10.7. The summed E-state index contributed by atoms with van der Waals surface area (Å²) < 4.78 is 11.6. The molecule has 2 amide bonds. The third-order valence-corrected chi connectivity index (χ3v) is 5.54. The molecule has 3 aromatic rings. The normalized spacial score (nSPS) is 14.7. The van der Waals surface area contributed by atoms with Gasteiger partial charge < -0.3 is 19.7 Å². The van der Waals surface area contributed by atoms with Crippen LogP contribution in [0.25, 0.3) is 11.3 Å². The minimum atomic E-state index is -0.183. The van der Waals surface area contributed by atoms with Gasteiger partial charge in [0.1, 0.15) is 6.61 Å². The molecule has 4 rings (SSSR count).